The third-order valence-corrected chi connectivity index (χ3v) is 4.72. The number of carboxylic acids is 1. The SMILES string of the molecule is CCc1nc2ccc(Br)cn2c1C(=O)N1CCCC(C(=O)O)C1. The van der Waals surface area contributed by atoms with Crippen LogP contribution < -0.4 is 0 Å². The van der Waals surface area contributed by atoms with E-state index in [9.17, 15) is 14.7 Å². The molecule has 1 N–H and O–H groups in total. The fourth-order valence-electron chi connectivity index (χ4n) is 3.05. The van der Waals surface area contributed by atoms with Crippen molar-refractivity contribution in [3.63, 3.8) is 0 Å². The minimum atomic E-state index is -0.834. The van der Waals surface area contributed by atoms with Crippen LogP contribution in [0.15, 0.2) is 22.8 Å². The summed E-state index contributed by atoms with van der Waals surface area (Å²) in [6.07, 6.45) is 3.81. The highest BCUT2D eigenvalue weighted by Gasteiger charge is 2.31. The molecular weight excluding hydrogens is 362 g/mol. The lowest BCUT2D eigenvalue weighted by Crippen LogP contribution is -2.43. The lowest BCUT2D eigenvalue weighted by Gasteiger charge is -2.30. The average Bonchev–Trinajstić information content (AvgIpc) is 2.91. The van der Waals surface area contributed by atoms with Gasteiger partial charge in [0, 0.05) is 23.8 Å². The summed E-state index contributed by atoms with van der Waals surface area (Å²) in [4.78, 5) is 30.4. The third kappa shape index (κ3) is 2.97. The Bertz CT molecular complexity index is 771. The molecule has 3 rings (SSSR count). The van der Waals surface area contributed by atoms with Gasteiger partial charge in [0.2, 0.25) is 0 Å². The number of aryl methyl sites for hydroxylation is 1. The highest BCUT2D eigenvalue weighted by Crippen LogP contribution is 2.23. The number of hydrogen-bond donors (Lipinski definition) is 1. The van der Waals surface area contributed by atoms with Crippen LogP contribution in [0.2, 0.25) is 0 Å². The molecule has 1 fully saturated rings. The number of hydrogen-bond acceptors (Lipinski definition) is 3. The second kappa shape index (κ2) is 6.31. The van der Waals surface area contributed by atoms with Gasteiger partial charge in [-0.15, -0.1) is 0 Å². The Morgan fingerprint density at radius 2 is 2.22 bits per heavy atom. The lowest BCUT2D eigenvalue weighted by atomic mass is 9.98. The summed E-state index contributed by atoms with van der Waals surface area (Å²) in [5, 5.41) is 9.22. The molecule has 23 heavy (non-hydrogen) atoms. The molecule has 0 spiro atoms. The number of imidazole rings is 1. The molecule has 1 amide bonds. The number of pyridine rings is 1. The molecule has 0 bridgehead atoms. The molecule has 0 radical (unpaired) electrons. The number of aromatic nitrogens is 2. The van der Waals surface area contributed by atoms with E-state index in [0.29, 0.717) is 31.5 Å². The van der Waals surface area contributed by atoms with E-state index in [1.165, 1.54) is 0 Å². The van der Waals surface area contributed by atoms with Gasteiger partial charge in [-0.2, -0.15) is 0 Å². The van der Waals surface area contributed by atoms with Crippen LogP contribution in [0.3, 0.4) is 0 Å². The van der Waals surface area contributed by atoms with Crippen molar-refractivity contribution < 1.29 is 14.7 Å². The van der Waals surface area contributed by atoms with Crippen molar-refractivity contribution >= 4 is 33.5 Å². The maximum Gasteiger partial charge on any atom is 0.308 e. The molecule has 2 aromatic heterocycles. The standard InChI is InChI=1S/C16H18BrN3O3/c1-2-12-14(20-9-11(17)5-6-13(20)18-12)15(21)19-7-3-4-10(8-19)16(22)23/h5-6,9-10H,2-4,7-8H2,1H3,(H,22,23). The van der Waals surface area contributed by atoms with Crippen LogP contribution in [0.4, 0.5) is 0 Å². The summed E-state index contributed by atoms with van der Waals surface area (Å²) >= 11 is 3.42. The van der Waals surface area contributed by atoms with Crippen LogP contribution in [-0.4, -0.2) is 44.4 Å². The molecule has 3 heterocycles. The quantitative estimate of drug-likeness (QED) is 0.888. The normalized spacial score (nSPS) is 18.3. The number of amides is 1. The highest BCUT2D eigenvalue weighted by atomic mass is 79.9. The van der Waals surface area contributed by atoms with Crippen molar-refractivity contribution in [2.45, 2.75) is 26.2 Å². The van der Waals surface area contributed by atoms with E-state index in [0.717, 1.165) is 15.8 Å². The van der Waals surface area contributed by atoms with Gasteiger partial charge in [-0.25, -0.2) is 4.98 Å². The number of carbonyl (C=O) groups is 2. The summed E-state index contributed by atoms with van der Waals surface area (Å²) in [6, 6.07) is 3.74. The van der Waals surface area contributed by atoms with Crippen molar-refractivity contribution in [2.24, 2.45) is 5.92 Å². The van der Waals surface area contributed by atoms with E-state index in [4.69, 9.17) is 0 Å². The molecule has 1 aliphatic rings. The van der Waals surface area contributed by atoms with Crippen molar-refractivity contribution in [1.82, 2.24) is 14.3 Å². The maximum atomic E-state index is 13.0. The molecule has 1 aliphatic heterocycles. The van der Waals surface area contributed by atoms with Crippen LogP contribution in [0, 0.1) is 5.92 Å². The molecule has 0 aromatic carbocycles. The van der Waals surface area contributed by atoms with Crippen LogP contribution in [-0.2, 0) is 11.2 Å². The molecule has 7 heteroatoms. The smallest absolute Gasteiger partial charge is 0.308 e. The predicted octanol–water partition coefficient (Wildman–Crippen LogP) is 2.60. The summed E-state index contributed by atoms with van der Waals surface area (Å²) in [6.45, 7) is 2.81. The van der Waals surface area contributed by atoms with E-state index in [2.05, 4.69) is 20.9 Å². The minimum Gasteiger partial charge on any atom is -0.481 e. The molecular formula is C16H18BrN3O3. The van der Waals surface area contributed by atoms with E-state index in [1.54, 1.807) is 9.30 Å². The predicted molar refractivity (Wildman–Crippen MR) is 88.5 cm³/mol. The molecule has 2 aromatic rings. The molecule has 1 unspecified atom stereocenters. The first-order valence-electron chi connectivity index (χ1n) is 7.69. The van der Waals surface area contributed by atoms with Gasteiger partial charge in [0.25, 0.3) is 5.91 Å². The Kier molecular flexibility index (Phi) is 4.39. The first-order chi connectivity index (χ1) is 11.0. The number of likely N-dealkylation sites (tertiary alicyclic amines) is 1. The molecule has 122 valence electrons. The van der Waals surface area contributed by atoms with E-state index < -0.39 is 11.9 Å². The van der Waals surface area contributed by atoms with Crippen LogP contribution in [0.5, 0.6) is 0 Å². The molecule has 1 saturated heterocycles. The first kappa shape index (κ1) is 16.0. The van der Waals surface area contributed by atoms with Crippen molar-refractivity contribution in [2.75, 3.05) is 13.1 Å². The van der Waals surface area contributed by atoms with Crippen LogP contribution >= 0.6 is 15.9 Å². The fourth-order valence-corrected chi connectivity index (χ4v) is 3.39. The highest BCUT2D eigenvalue weighted by molar-refractivity contribution is 9.10. The Hall–Kier alpha value is -1.89. The topological polar surface area (TPSA) is 74.9 Å². The Balaban J connectivity index is 2.00. The number of rotatable bonds is 3. The van der Waals surface area contributed by atoms with Gasteiger partial charge in [0.1, 0.15) is 11.3 Å². The second-order valence-electron chi connectivity index (χ2n) is 5.76. The van der Waals surface area contributed by atoms with Crippen molar-refractivity contribution in [3.05, 3.63) is 34.2 Å². The lowest BCUT2D eigenvalue weighted by molar-refractivity contribution is -0.143. The molecule has 6 nitrogen and oxygen atoms in total. The number of carboxylic acid groups (broad SMARTS) is 1. The van der Waals surface area contributed by atoms with Crippen LogP contribution in [0.25, 0.3) is 5.65 Å². The van der Waals surface area contributed by atoms with Gasteiger partial charge < -0.3 is 10.0 Å². The third-order valence-electron chi connectivity index (χ3n) is 4.25. The van der Waals surface area contributed by atoms with Crippen LogP contribution in [0.1, 0.15) is 35.9 Å². The maximum absolute atomic E-state index is 13.0. The number of nitrogens with zero attached hydrogens (tertiary/aromatic N) is 3. The van der Waals surface area contributed by atoms with Gasteiger partial charge in [-0.05, 0) is 47.3 Å². The van der Waals surface area contributed by atoms with Gasteiger partial charge >= 0.3 is 5.97 Å². The van der Waals surface area contributed by atoms with E-state index in [1.807, 2.05) is 25.3 Å². The number of fused-ring (bicyclic) bond motifs is 1. The zero-order chi connectivity index (χ0) is 16.6. The molecule has 0 aliphatic carbocycles. The molecule has 1 atom stereocenters. The summed E-state index contributed by atoms with van der Waals surface area (Å²) < 4.78 is 2.65. The number of carbonyl (C=O) groups excluding carboxylic acids is 1. The van der Waals surface area contributed by atoms with E-state index >= 15 is 0 Å². The Morgan fingerprint density at radius 3 is 2.91 bits per heavy atom. The number of halogens is 1. The van der Waals surface area contributed by atoms with Gasteiger partial charge in [-0.3, -0.25) is 14.0 Å². The zero-order valence-electron chi connectivity index (χ0n) is 12.8. The molecule has 0 saturated carbocycles. The largest absolute Gasteiger partial charge is 0.481 e. The number of aliphatic carboxylic acids is 1. The van der Waals surface area contributed by atoms with Gasteiger partial charge in [0.15, 0.2) is 0 Å². The number of piperidine rings is 1. The Labute approximate surface area is 142 Å². The van der Waals surface area contributed by atoms with E-state index in [-0.39, 0.29) is 12.5 Å². The monoisotopic (exact) mass is 379 g/mol. The fraction of sp³-hybridized carbons (Fsp3) is 0.438. The Morgan fingerprint density at radius 1 is 1.43 bits per heavy atom. The average molecular weight is 380 g/mol. The second-order valence-corrected chi connectivity index (χ2v) is 6.68. The summed E-state index contributed by atoms with van der Waals surface area (Å²) in [5.74, 6) is -1.46. The summed E-state index contributed by atoms with van der Waals surface area (Å²) in [7, 11) is 0. The van der Waals surface area contributed by atoms with Crippen molar-refractivity contribution in [3.8, 4) is 0 Å². The minimum absolute atomic E-state index is 0.140. The van der Waals surface area contributed by atoms with Crippen molar-refractivity contribution in [1.29, 1.82) is 0 Å². The van der Waals surface area contributed by atoms with Gasteiger partial charge in [0.05, 0.1) is 11.6 Å². The summed E-state index contributed by atoms with van der Waals surface area (Å²) in [5.41, 5.74) is 2.00. The zero-order valence-corrected chi connectivity index (χ0v) is 14.4. The van der Waals surface area contributed by atoms with Gasteiger partial charge in [-0.1, -0.05) is 6.92 Å². The first-order valence-corrected chi connectivity index (χ1v) is 8.49.